The van der Waals surface area contributed by atoms with E-state index >= 15 is 0 Å². The summed E-state index contributed by atoms with van der Waals surface area (Å²) in [6.45, 7) is 0.810. The number of nitrogens with one attached hydrogen (secondary N) is 1. The molecule has 21 heavy (non-hydrogen) atoms. The molecule has 3 heterocycles. The third-order valence-electron chi connectivity index (χ3n) is 4.51. The molecule has 1 aliphatic carbocycles. The Bertz CT molecular complexity index is 649. The zero-order valence-electron chi connectivity index (χ0n) is 11.8. The number of hydrogen-bond acceptors (Lipinski definition) is 4. The second kappa shape index (κ2) is 5.26. The van der Waals surface area contributed by atoms with Gasteiger partial charge in [0.2, 0.25) is 0 Å². The van der Waals surface area contributed by atoms with Crippen LogP contribution in [-0.2, 0) is 12.8 Å². The highest BCUT2D eigenvalue weighted by Crippen LogP contribution is 2.34. The van der Waals surface area contributed by atoms with Gasteiger partial charge in [0.25, 0.3) is 5.91 Å². The summed E-state index contributed by atoms with van der Waals surface area (Å²) in [5, 5.41) is 10.4. The van der Waals surface area contributed by atoms with Crippen LogP contribution in [0.3, 0.4) is 0 Å². The van der Waals surface area contributed by atoms with E-state index in [9.17, 15) is 4.79 Å². The maximum Gasteiger partial charge on any atom is 0.275 e. The summed E-state index contributed by atoms with van der Waals surface area (Å²) in [5.41, 5.74) is 2.94. The number of thiazole rings is 1. The smallest absolute Gasteiger partial charge is 0.275 e. The molecule has 110 valence electrons. The fraction of sp³-hybridized carbons (Fsp3) is 0.533. The van der Waals surface area contributed by atoms with Crippen molar-refractivity contribution in [2.75, 3.05) is 6.54 Å². The molecule has 1 N–H and O–H groups in total. The molecule has 1 atom stereocenters. The molecule has 1 aliphatic heterocycles. The first-order chi connectivity index (χ1) is 10.3. The number of nitrogens with zero attached hydrogens (tertiary/aromatic N) is 3. The van der Waals surface area contributed by atoms with Gasteiger partial charge >= 0.3 is 0 Å². The maximum absolute atomic E-state index is 12.9. The third-order valence-corrected chi connectivity index (χ3v) is 5.39. The predicted molar refractivity (Wildman–Crippen MR) is 80.4 cm³/mol. The molecule has 2 aromatic heterocycles. The number of H-pyrrole nitrogens is 1. The molecule has 0 radical (unpaired) electrons. The topological polar surface area (TPSA) is 61.9 Å². The molecule has 1 saturated heterocycles. The highest BCUT2D eigenvalue weighted by molar-refractivity contribution is 7.09. The Balaban J connectivity index is 1.65. The van der Waals surface area contributed by atoms with Crippen molar-refractivity contribution in [3.05, 3.63) is 33.5 Å². The SMILES string of the molecule is O=C(c1n[nH]c2c1CCC2)N1CCCC[C@@H]1c1nccs1. The monoisotopic (exact) mass is 302 g/mol. The van der Waals surface area contributed by atoms with Crippen molar-refractivity contribution in [2.24, 2.45) is 0 Å². The van der Waals surface area contributed by atoms with Gasteiger partial charge in [0.05, 0.1) is 6.04 Å². The fourth-order valence-corrected chi connectivity index (χ4v) is 4.25. The zero-order chi connectivity index (χ0) is 14.2. The maximum atomic E-state index is 12.9. The molecule has 0 bridgehead atoms. The first-order valence-corrected chi connectivity index (χ1v) is 8.49. The molecule has 0 saturated carbocycles. The van der Waals surface area contributed by atoms with E-state index in [1.54, 1.807) is 11.3 Å². The van der Waals surface area contributed by atoms with Crippen LogP contribution in [0.2, 0.25) is 0 Å². The molecule has 1 amide bonds. The van der Waals surface area contributed by atoms with E-state index in [0.717, 1.165) is 61.3 Å². The number of fused-ring (bicyclic) bond motifs is 1. The van der Waals surface area contributed by atoms with Crippen LogP contribution < -0.4 is 0 Å². The summed E-state index contributed by atoms with van der Waals surface area (Å²) < 4.78 is 0. The average molecular weight is 302 g/mol. The summed E-state index contributed by atoms with van der Waals surface area (Å²) in [5.74, 6) is 0.0781. The lowest BCUT2D eigenvalue weighted by atomic mass is 10.0. The molecule has 1 fully saturated rings. The summed E-state index contributed by atoms with van der Waals surface area (Å²) >= 11 is 1.64. The number of hydrogen-bond donors (Lipinski definition) is 1. The van der Waals surface area contributed by atoms with E-state index in [1.807, 2.05) is 16.5 Å². The van der Waals surface area contributed by atoms with Crippen LogP contribution in [0.25, 0.3) is 0 Å². The lowest BCUT2D eigenvalue weighted by molar-refractivity contribution is 0.0604. The van der Waals surface area contributed by atoms with Gasteiger partial charge in [-0.3, -0.25) is 9.89 Å². The van der Waals surface area contributed by atoms with Crippen molar-refractivity contribution in [1.29, 1.82) is 0 Å². The van der Waals surface area contributed by atoms with Crippen LogP contribution in [0.4, 0.5) is 0 Å². The Morgan fingerprint density at radius 3 is 3.14 bits per heavy atom. The van der Waals surface area contributed by atoms with Crippen LogP contribution in [-0.4, -0.2) is 32.5 Å². The van der Waals surface area contributed by atoms with Crippen LogP contribution in [0.15, 0.2) is 11.6 Å². The minimum atomic E-state index is 0.0781. The van der Waals surface area contributed by atoms with Gasteiger partial charge in [0.1, 0.15) is 5.01 Å². The van der Waals surface area contributed by atoms with E-state index in [4.69, 9.17) is 0 Å². The Morgan fingerprint density at radius 1 is 1.33 bits per heavy atom. The first-order valence-electron chi connectivity index (χ1n) is 7.61. The molecule has 2 aliphatic rings. The number of carbonyl (C=O) groups is 1. The number of likely N-dealkylation sites (tertiary alicyclic amines) is 1. The zero-order valence-corrected chi connectivity index (χ0v) is 12.7. The van der Waals surface area contributed by atoms with Crippen molar-refractivity contribution in [2.45, 2.75) is 44.6 Å². The summed E-state index contributed by atoms with van der Waals surface area (Å²) in [7, 11) is 0. The summed E-state index contributed by atoms with van der Waals surface area (Å²) in [6, 6.07) is 0.125. The van der Waals surface area contributed by atoms with Crippen LogP contribution >= 0.6 is 11.3 Å². The Morgan fingerprint density at radius 2 is 2.29 bits per heavy atom. The largest absolute Gasteiger partial charge is 0.328 e. The van der Waals surface area contributed by atoms with E-state index < -0.39 is 0 Å². The molecule has 0 unspecified atom stereocenters. The average Bonchev–Trinajstić information content (AvgIpc) is 3.23. The van der Waals surface area contributed by atoms with Crippen LogP contribution in [0.1, 0.15) is 58.5 Å². The molecule has 4 rings (SSSR count). The molecule has 0 spiro atoms. The number of carbonyl (C=O) groups excluding carboxylic acids is 1. The van der Waals surface area contributed by atoms with Gasteiger partial charge in [-0.05, 0) is 38.5 Å². The van der Waals surface area contributed by atoms with E-state index in [2.05, 4.69) is 15.2 Å². The molecular weight excluding hydrogens is 284 g/mol. The van der Waals surface area contributed by atoms with Gasteiger partial charge in [-0.1, -0.05) is 0 Å². The minimum Gasteiger partial charge on any atom is -0.328 e. The quantitative estimate of drug-likeness (QED) is 0.928. The van der Waals surface area contributed by atoms with Crippen molar-refractivity contribution >= 4 is 17.2 Å². The number of aromatic amines is 1. The lowest BCUT2D eigenvalue weighted by Crippen LogP contribution is -2.39. The predicted octanol–water partition coefficient (Wildman–Crippen LogP) is 2.72. The number of piperidine rings is 1. The lowest BCUT2D eigenvalue weighted by Gasteiger charge is -2.34. The Hall–Kier alpha value is -1.69. The molecule has 6 heteroatoms. The van der Waals surface area contributed by atoms with Gasteiger partial charge < -0.3 is 4.90 Å². The van der Waals surface area contributed by atoms with Gasteiger partial charge in [-0.25, -0.2) is 4.98 Å². The van der Waals surface area contributed by atoms with Gasteiger partial charge in [-0.15, -0.1) is 11.3 Å². The Kier molecular flexibility index (Phi) is 3.25. The first kappa shape index (κ1) is 13.0. The second-order valence-electron chi connectivity index (χ2n) is 5.76. The second-order valence-corrected chi connectivity index (χ2v) is 6.69. The molecule has 5 nitrogen and oxygen atoms in total. The van der Waals surface area contributed by atoms with Gasteiger partial charge in [0, 0.05) is 29.4 Å². The minimum absolute atomic E-state index is 0.0781. The summed E-state index contributed by atoms with van der Waals surface area (Å²) in [6.07, 6.45) is 8.18. The highest BCUT2D eigenvalue weighted by Gasteiger charge is 2.33. The molecule has 2 aromatic rings. The number of aryl methyl sites for hydroxylation is 1. The summed E-state index contributed by atoms with van der Waals surface area (Å²) in [4.78, 5) is 19.4. The van der Waals surface area contributed by atoms with E-state index in [0.29, 0.717) is 5.69 Å². The van der Waals surface area contributed by atoms with Gasteiger partial charge in [-0.2, -0.15) is 5.10 Å². The number of aromatic nitrogens is 3. The highest BCUT2D eigenvalue weighted by atomic mass is 32.1. The van der Waals surface area contributed by atoms with E-state index in [1.165, 1.54) is 0 Å². The standard InChI is InChI=1S/C15H18N4OS/c20-15(13-10-4-3-5-11(10)17-18-13)19-8-2-1-6-12(19)14-16-7-9-21-14/h7,9,12H,1-6,8H2,(H,17,18)/t12-/m1/s1. The van der Waals surface area contributed by atoms with Crippen LogP contribution in [0, 0.1) is 0 Å². The number of rotatable bonds is 2. The third kappa shape index (κ3) is 2.18. The Labute approximate surface area is 127 Å². The van der Waals surface area contributed by atoms with Gasteiger partial charge in [0.15, 0.2) is 5.69 Å². The van der Waals surface area contributed by atoms with Crippen LogP contribution in [0.5, 0.6) is 0 Å². The molecular formula is C15H18N4OS. The van der Waals surface area contributed by atoms with Crippen molar-refractivity contribution in [3.63, 3.8) is 0 Å². The van der Waals surface area contributed by atoms with Crippen molar-refractivity contribution < 1.29 is 4.79 Å². The molecule has 0 aromatic carbocycles. The number of amides is 1. The fourth-order valence-electron chi connectivity index (χ4n) is 3.46. The van der Waals surface area contributed by atoms with Crippen molar-refractivity contribution in [3.8, 4) is 0 Å². The van der Waals surface area contributed by atoms with Crippen molar-refractivity contribution in [1.82, 2.24) is 20.1 Å². The van der Waals surface area contributed by atoms with E-state index in [-0.39, 0.29) is 11.9 Å². The normalized spacial score (nSPS) is 21.5.